The molecule has 0 aliphatic heterocycles. The SMILES string of the molecule is Cc1ccc(C(C)N)c(C)c1. The molecule has 0 radical (unpaired) electrons. The van der Waals surface area contributed by atoms with Crippen molar-refractivity contribution in [3.63, 3.8) is 0 Å². The molecule has 1 aromatic carbocycles. The van der Waals surface area contributed by atoms with Gasteiger partial charge in [-0.1, -0.05) is 23.8 Å². The lowest BCUT2D eigenvalue weighted by molar-refractivity contribution is 0.809. The van der Waals surface area contributed by atoms with E-state index in [4.69, 9.17) is 5.73 Å². The normalized spacial score (nSPS) is 13.1. The molecule has 2 N–H and O–H groups in total. The molecule has 11 heavy (non-hydrogen) atoms. The smallest absolute Gasteiger partial charge is 0.0268 e. The van der Waals surface area contributed by atoms with Gasteiger partial charge in [0.05, 0.1) is 0 Å². The van der Waals surface area contributed by atoms with Gasteiger partial charge >= 0.3 is 0 Å². The lowest BCUT2D eigenvalue weighted by Crippen LogP contribution is -2.06. The number of benzene rings is 1. The molecule has 0 aliphatic rings. The zero-order valence-electron chi connectivity index (χ0n) is 7.39. The van der Waals surface area contributed by atoms with Gasteiger partial charge in [-0.2, -0.15) is 0 Å². The highest BCUT2D eigenvalue weighted by Gasteiger charge is 2.01. The molecular formula is C10H15N. The fraction of sp³-hybridized carbons (Fsp3) is 0.400. The molecule has 0 spiro atoms. The predicted octanol–water partition coefficient (Wildman–Crippen LogP) is 2.32. The van der Waals surface area contributed by atoms with Crippen molar-refractivity contribution in [3.8, 4) is 0 Å². The van der Waals surface area contributed by atoms with Crippen molar-refractivity contribution in [1.29, 1.82) is 0 Å². The number of hydrogen-bond donors (Lipinski definition) is 1. The van der Waals surface area contributed by atoms with E-state index >= 15 is 0 Å². The number of rotatable bonds is 1. The topological polar surface area (TPSA) is 26.0 Å². The third-order valence-electron chi connectivity index (χ3n) is 1.92. The Morgan fingerprint density at radius 1 is 1.27 bits per heavy atom. The first-order chi connectivity index (χ1) is 5.11. The second-order valence-corrected chi connectivity index (χ2v) is 3.15. The number of nitrogens with two attached hydrogens (primary N) is 1. The third-order valence-corrected chi connectivity index (χ3v) is 1.92. The summed E-state index contributed by atoms with van der Waals surface area (Å²) >= 11 is 0. The molecule has 1 heteroatoms. The Balaban J connectivity index is 3.09. The average molecular weight is 149 g/mol. The van der Waals surface area contributed by atoms with Gasteiger partial charge in [0, 0.05) is 6.04 Å². The molecule has 0 bridgehead atoms. The summed E-state index contributed by atoms with van der Waals surface area (Å²) < 4.78 is 0. The van der Waals surface area contributed by atoms with Crippen LogP contribution >= 0.6 is 0 Å². The Morgan fingerprint density at radius 2 is 1.91 bits per heavy atom. The van der Waals surface area contributed by atoms with Crippen molar-refractivity contribution >= 4 is 0 Å². The summed E-state index contributed by atoms with van der Waals surface area (Å²) in [4.78, 5) is 0. The van der Waals surface area contributed by atoms with Crippen LogP contribution in [0.1, 0.15) is 29.7 Å². The summed E-state index contributed by atoms with van der Waals surface area (Å²) in [6, 6.07) is 6.52. The van der Waals surface area contributed by atoms with Crippen LogP contribution in [0.25, 0.3) is 0 Å². The molecule has 1 rings (SSSR count). The van der Waals surface area contributed by atoms with Crippen LogP contribution in [0.4, 0.5) is 0 Å². The quantitative estimate of drug-likeness (QED) is 0.651. The van der Waals surface area contributed by atoms with Crippen LogP contribution < -0.4 is 5.73 Å². The van der Waals surface area contributed by atoms with Gasteiger partial charge in [-0.3, -0.25) is 0 Å². The van der Waals surface area contributed by atoms with E-state index in [1.165, 1.54) is 16.7 Å². The standard InChI is InChI=1S/C10H15N/c1-7-4-5-10(9(3)11)8(2)6-7/h4-6,9H,11H2,1-3H3. The highest BCUT2D eigenvalue weighted by Crippen LogP contribution is 2.15. The van der Waals surface area contributed by atoms with Crippen molar-refractivity contribution < 1.29 is 0 Å². The molecule has 0 aromatic heterocycles. The second-order valence-electron chi connectivity index (χ2n) is 3.15. The van der Waals surface area contributed by atoms with Crippen molar-refractivity contribution in [2.24, 2.45) is 5.73 Å². The van der Waals surface area contributed by atoms with Gasteiger partial charge in [-0.25, -0.2) is 0 Å². The van der Waals surface area contributed by atoms with Gasteiger partial charge in [0.1, 0.15) is 0 Å². The van der Waals surface area contributed by atoms with Crippen molar-refractivity contribution in [3.05, 3.63) is 34.9 Å². The highest BCUT2D eigenvalue weighted by atomic mass is 14.6. The largest absolute Gasteiger partial charge is 0.324 e. The summed E-state index contributed by atoms with van der Waals surface area (Å²) in [5.41, 5.74) is 9.60. The molecule has 0 saturated carbocycles. The third kappa shape index (κ3) is 1.81. The molecule has 0 heterocycles. The fourth-order valence-electron chi connectivity index (χ4n) is 1.34. The Kier molecular flexibility index (Phi) is 2.30. The predicted molar refractivity (Wildman–Crippen MR) is 48.5 cm³/mol. The first-order valence-corrected chi connectivity index (χ1v) is 3.94. The lowest BCUT2D eigenvalue weighted by atomic mass is 10.0. The maximum atomic E-state index is 5.76. The van der Waals surface area contributed by atoms with Crippen molar-refractivity contribution in [1.82, 2.24) is 0 Å². The van der Waals surface area contributed by atoms with E-state index in [2.05, 4.69) is 32.0 Å². The lowest BCUT2D eigenvalue weighted by Gasteiger charge is -2.09. The first kappa shape index (κ1) is 8.28. The highest BCUT2D eigenvalue weighted by molar-refractivity contribution is 5.32. The van der Waals surface area contributed by atoms with E-state index in [1.54, 1.807) is 0 Å². The molecule has 1 unspecified atom stereocenters. The minimum absolute atomic E-state index is 0.149. The van der Waals surface area contributed by atoms with Crippen LogP contribution in [0.3, 0.4) is 0 Å². The first-order valence-electron chi connectivity index (χ1n) is 3.94. The minimum Gasteiger partial charge on any atom is -0.324 e. The zero-order valence-corrected chi connectivity index (χ0v) is 7.39. The molecule has 1 aromatic rings. The van der Waals surface area contributed by atoms with Gasteiger partial charge in [-0.05, 0) is 31.9 Å². The second kappa shape index (κ2) is 3.05. The maximum absolute atomic E-state index is 5.76. The molecule has 1 atom stereocenters. The van der Waals surface area contributed by atoms with E-state index in [1.807, 2.05) is 6.92 Å². The van der Waals surface area contributed by atoms with Crippen LogP contribution in [0, 0.1) is 13.8 Å². The van der Waals surface area contributed by atoms with Gasteiger partial charge in [-0.15, -0.1) is 0 Å². The molecule has 0 fully saturated rings. The van der Waals surface area contributed by atoms with E-state index in [9.17, 15) is 0 Å². The van der Waals surface area contributed by atoms with Crippen LogP contribution in [0.5, 0.6) is 0 Å². The Hall–Kier alpha value is -0.820. The van der Waals surface area contributed by atoms with E-state index in [0.717, 1.165) is 0 Å². The van der Waals surface area contributed by atoms with Gasteiger partial charge in [0.15, 0.2) is 0 Å². The molecule has 0 saturated heterocycles. The van der Waals surface area contributed by atoms with E-state index in [0.29, 0.717) is 0 Å². The fourth-order valence-corrected chi connectivity index (χ4v) is 1.34. The van der Waals surface area contributed by atoms with Crippen LogP contribution in [-0.4, -0.2) is 0 Å². The summed E-state index contributed by atoms with van der Waals surface area (Å²) in [7, 11) is 0. The molecule has 60 valence electrons. The monoisotopic (exact) mass is 149 g/mol. The molecular weight excluding hydrogens is 134 g/mol. The van der Waals surface area contributed by atoms with Crippen LogP contribution in [0.2, 0.25) is 0 Å². The Labute approximate surface area is 68.2 Å². The zero-order chi connectivity index (χ0) is 8.43. The Bertz CT molecular complexity index is 251. The summed E-state index contributed by atoms with van der Waals surface area (Å²) in [5, 5.41) is 0. The maximum Gasteiger partial charge on any atom is 0.0268 e. The van der Waals surface area contributed by atoms with Gasteiger partial charge in [0.2, 0.25) is 0 Å². The molecule has 0 aliphatic carbocycles. The van der Waals surface area contributed by atoms with Crippen LogP contribution in [0.15, 0.2) is 18.2 Å². The van der Waals surface area contributed by atoms with Crippen molar-refractivity contribution in [2.45, 2.75) is 26.8 Å². The Morgan fingerprint density at radius 3 is 2.36 bits per heavy atom. The van der Waals surface area contributed by atoms with E-state index in [-0.39, 0.29) is 6.04 Å². The average Bonchev–Trinajstić information content (AvgIpc) is 1.85. The van der Waals surface area contributed by atoms with E-state index < -0.39 is 0 Å². The van der Waals surface area contributed by atoms with Crippen molar-refractivity contribution in [2.75, 3.05) is 0 Å². The summed E-state index contributed by atoms with van der Waals surface area (Å²) in [6.45, 7) is 6.21. The summed E-state index contributed by atoms with van der Waals surface area (Å²) in [6.07, 6.45) is 0. The minimum atomic E-state index is 0.149. The van der Waals surface area contributed by atoms with Crippen LogP contribution in [-0.2, 0) is 0 Å². The van der Waals surface area contributed by atoms with Gasteiger partial charge < -0.3 is 5.73 Å². The molecule has 1 nitrogen and oxygen atoms in total. The summed E-state index contributed by atoms with van der Waals surface area (Å²) in [5.74, 6) is 0. The number of hydrogen-bond acceptors (Lipinski definition) is 1. The molecule has 0 amide bonds. The number of aryl methyl sites for hydroxylation is 2. The van der Waals surface area contributed by atoms with Gasteiger partial charge in [0.25, 0.3) is 0 Å².